The molecule has 5 heteroatoms. The van der Waals surface area contributed by atoms with Gasteiger partial charge in [0.15, 0.2) is 0 Å². The van der Waals surface area contributed by atoms with E-state index in [0.29, 0.717) is 12.8 Å². The fourth-order valence-electron chi connectivity index (χ4n) is 3.45. The minimum atomic E-state index is -0.215. The Morgan fingerprint density at radius 1 is 1.27 bits per heavy atom. The van der Waals surface area contributed by atoms with Crippen molar-refractivity contribution in [2.45, 2.75) is 45.4 Å². The summed E-state index contributed by atoms with van der Waals surface area (Å²) in [6, 6.07) is 4.33. The number of piperidine rings is 1. The number of aryl methyl sites for hydroxylation is 1. The Hall–Kier alpha value is -1.72. The Bertz CT molecular complexity index is 627. The van der Waals surface area contributed by atoms with Crippen molar-refractivity contribution in [3.63, 3.8) is 0 Å². The molecule has 2 heterocycles. The van der Waals surface area contributed by atoms with Crippen molar-refractivity contribution in [2.24, 2.45) is 0 Å². The molecule has 1 fully saturated rings. The number of fused-ring (bicyclic) bond motifs is 1. The molecule has 1 aromatic carbocycles. The molecule has 0 bridgehead atoms. The highest BCUT2D eigenvalue weighted by molar-refractivity contribution is 6.00. The van der Waals surface area contributed by atoms with E-state index in [1.165, 1.54) is 22.3 Å². The van der Waals surface area contributed by atoms with Crippen LogP contribution >= 0.6 is 0 Å². The third-order valence-electron chi connectivity index (χ3n) is 4.70. The summed E-state index contributed by atoms with van der Waals surface area (Å²) in [7, 11) is 4.09. The van der Waals surface area contributed by atoms with Gasteiger partial charge in [-0.2, -0.15) is 0 Å². The number of benzene rings is 1. The van der Waals surface area contributed by atoms with E-state index in [4.69, 9.17) is 0 Å². The van der Waals surface area contributed by atoms with Crippen molar-refractivity contribution in [2.75, 3.05) is 14.1 Å². The van der Waals surface area contributed by atoms with Crippen LogP contribution in [0.4, 0.5) is 0 Å². The summed E-state index contributed by atoms with van der Waals surface area (Å²) in [6.07, 6.45) is 1.03. The molecule has 3 rings (SSSR count). The number of nitrogens with zero attached hydrogens (tertiary/aromatic N) is 2. The number of likely N-dealkylation sites (N-methyl/N-ethyl adjacent to an activating group) is 1. The Morgan fingerprint density at radius 3 is 2.64 bits per heavy atom. The number of amides is 2. The van der Waals surface area contributed by atoms with E-state index in [1.807, 2.05) is 7.05 Å². The standard InChI is InChI=1S/C17H23N3O2/c1-11-6-13-8-19(2)9-14(13)7-12(11)10-20(3)15-4-5-16(21)18-17(15)22/h6-7,15H,4-5,8-10H2,1-3H3,(H,18,21,22). The van der Waals surface area contributed by atoms with Gasteiger partial charge in [-0.25, -0.2) is 0 Å². The Labute approximate surface area is 131 Å². The first-order valence-corrected chi connectivity index (χ1v) is 7.78. The van der Waals surface area contributed by atoms with E-state index in [-0.39, 0.29) is 17.9 Å². The van der Waals surface area contributed by atoms with Gasteiger partial charge in [0.25, 0.3) is 0 Å². The maximum absolute atomic E-state index is 12.0. The third kappa shape index (κ3) is 2.91. The maximum atomic E-state index is 12.0. The molecule has 5 nitrogen and oxygen atoms in total. The van der Waals surface area contributed by atoms with Gasteiger partial charge >= 0.3 is 0 Å². The van der Waals surface area contributed by atoms with Crippen LogP contribution in [0.2, 0.25) is 0 Å². The second-order valence-corrected chi connectivity index (χ2v) is 6.60. The van der Waals surface area contributed by atoms with E-state index in [2.05, 4.69) is 41.2 Å². The molecule has 1 N–H and O–H groups in total. The summed E-state index contributed by atoms with van der Waals surface area (Å²) >= 11 is 0. The predicted molar refractivity (Wildman–Crippen MR) is 84.0 cm³/mol. The number of carbonyl (C=O) groups is 2. The Morgan fingerprint density at radius 2 is 1.95 bits per heavy atom. The lowest BCUT2D eigenvalue weighted by molar-refractivity contribution is -0.137. The molecule has 0 aromatic heterocycles. The molecule has 1 saturated heterocycles. The zero-order valence-corrected chi connectivity index (χ0v) is 13.5. The highest BCUT2D eigenvalue weighted by Crippen LogP contribution is 2.26. The van der Waals surface area contributed by atoms with Gasteiger partial charge in [0, 0.05) is 26.1 Å². The molecular weight excluding hydrogens is 278 g/mol. The number of carbonyl (C=O) groups excluding carboxylic acids is 2. The molecule has 2 aliphatic heterocycles. The van der Waals surface area contributed by atoms with Gasteiger partial charge in [0.1, 0.15) is 0 Å². The van der Waals surface area contributed by atoms with Gasteiger partial charge in [-0.3, -0.25) is 24.7 Å². The molecule has 0 aliphatic carbocycles. The predicted octanol–water partition coefficient (Wildman–Crippen LogP) is 1.18. The average molecular weight is 301 g/mol. The van der Waals surface area contributed by atoms with Crippen LogP contribution in [0.1, 0.15) is 35.1 Å². The lowest BCUT2D eigenvalue weighted by Gasteiger charge is -2.30. The zero-order chi connectivity index (χ0) is 15.9. The molecule has 0 saturated carbocycles. The Balaban J connectivity index is 1.74. The summed E-state index contributed by atoms with van der Waals surface area (Å²) in [5, 5.41) is 2.43. The van der Waals surface area contributed by atoms with Gasteiger partial charge in [0.2, 0.25) is 11.8 Å². The van der Waals surface area contributed by atoms with Crippen LogP contribution in [-0.4, -0.2) is 41.8 Å². The third-order valence-corrected chi connectivity index (χ3v) is 4.70. The maximum Gasteiger partial charge on any atom is 0.243 e. The van der Waals surface area contributed by atoms with Crippen LogP contribution in [0, 0.1) is 6.92 Å². The highest BCUT2D eigenvalue weighted by Gasteiger charge is 2.30. The van der Waals surface area contributed by atoms with Crippen LogP contribution in [0.5, 0.6) is 0 Å². The van der Waals surface area contributed by atoms with Crippen molar-refractivity contribution < 1.29 is 9.59 Å². The van der Waals surface area contributed by atoms with Crippen LogP contribution in [0.15, 0.2) is 12.1 Å². The normalized spacial score (nSPS) is 22.1. The highest BCUT2D eigenvalue weighted by atomic mass is 16.2. The number of imide groups is 1. The van der Waals surface area contributed by atoms with E-state index >= 15 is 0 Å². The zero-order valence-electron chi connectivity index (χ0n) is 13.5. The molecule has 1 aromatic rings. The molecule has 0 radical (unpaired) electrons. The molecule has 1 atom stereocenters. The molecule has 2 amide bonds. The van der Waals surface area contributed by atoms with Crippen LogP contribution in [-0.2, 0) is 29.2 Å². The number of hydrogen-bond donors (Lipinski definition) is 1. The first-order valence-electron chi connectivity index (χ1n) is 7.78. The van der Waals surface area contributed by atoms with Crippen LogP contribution in [0.3, 0.4) is 0 Å². The van der Waals surface area contributed by atoms with Crippen molar-refractivity contribution >= 4 is 11.8 Å². The molecule has 0 spiro atoms. The largest absolute Gasteiger partial charge is 0.298 e. The van der Waals surface area contributed by atoms with Gasteiger partial charge in [-0.05, 0) is 49.7 Å². The molecule has 2 aliphatic rings. The van der Waals surface area contributed by atoms with Crippen LogP contribution < -0.4 is 5.32 Å². The molecule has 22 heavy (non-hydrogen) atoms. The number of rotatable bonds is 3. The first kappa shape index (κ1) is 15.2. The topological polar surface area (TPSA) is 52.7 Å². The summed E-state index contributed by atoms with van der Waals surface area (Å²) in [5.41, 5.74) is 5.33. The average Bonchev–Trinajstić information content (AvgIpc) is 2.78. The fraction of sp³-hybridized carbons (Fsp3) is 0.529. The van der Waals surface area contributed by atoms with E-state index < -0.39 is 0 Å². The lowest BCUT2D eigenvalue weighted by Crippen LogP contribution is -2.51. The van der Waals surface area contributed by atoms with Gasteiger partial charge < -0.3 is 0 Å². The number of nitrogens with one attached hydrogen (secondary N) is 1. The Kier molecular flexibility index (Phi) is 4.02. The second-order valence-electron chi connectivity index (χ2n) is 6.60. The molecule has 1 unspecified atom stereocenters. The quantitative estimate of drug-likeness (QED) is 0.852. The first-order chi connectivity index (χ1) is 10.4. The van der Waals surface area contributed by atoms with Crippen molar-refractivity contribution in [1.29, 1.82) is 0 Å². The lowest BCUT2D eigenvalue weighted by atomic mass is 9.99. The number of hydrogen-bond acceptors (Lipinski definition) is 4. The van der Waals surface area contributed by atoms with Gasteiger partial charge in [-0.15, -0.1) is 0 Å². The smallest absolute Gasteiger partial charge is 0.243 e. The van der Waals surface area contributed by atoms with Crippen molar-refractivity contribution in [1.82, 2.24) is 15.1 Å². The minimum absolute atomic E-state index is 0.161. The fourth-order valence-corrected chi connectivity index (χ4v) is 3.45. The van der Waals surface area contributed by atoms with Crippen molar-refractivity contribution in [3.05, 3.63) is 34.4 Å². The van der Waals surface area contributed by atoms with Gasteiger partial charge in [-0.1, -0.05) is 12.1 Å². The second kappa shape index (κ2) is 5.82. The molecule has 118 valence electrons. The van der Waals surface area contributed by atoms with Crippen LogP contribution in [0.25, 0.3) is 0 Å². The summed E-state index contributed by atoms with van der Waals surface area (Å²) in [5.74, 6) is -0.330. The monoisotopic (exact) mass is 301 g/mol. The van der Waals surface area contributed by atoms with E-state index in [0.717, 1.165) is 19.6 Å². The van der Waals surface area contributed by atoms with E-state index in [9.17, 15) is 9.59 Å². The molecular formula is C17H23N3O2. The van der Waals surface area contributed by atoms with E-state index in [1.54, 1.807) is 0 Å². The summed E-state index contributed by atoms with van der Waals surface area (Å²) in [4.78, 5) is 27.6. The van der Waals surface area contributed by atoms with Gasteiger partial charge in [0.05, 0.1) is 6.04 Å². The summed E-state index contributed by atoms with van der Waals surface area (Å²) in [6.45, 7) is 4.87. The summed E-state index contributed by atoms with van der Waals surface area (Å²) < 4.78 is 0. The SMILES string of the molecule is Cc1cc2c(cc1CN(C)C1CCC(=O)NC1=O)CN(C)C2. The minimum Gasteiger partial charge on any atom is -0.298 e. The van der Waals surface area contributed by atoms with Crippen molar-refractivity contribution in [3.8, 4) is 0 Å².